The lowest BCUT2D eigenvalue weighted by atomic mass is 10.1. The summed E-state index contributed by atoms with van der Waals surface area (Å²) in [5.74, 6) is 0. The average Bonchev–Trinajstić information content (AvgIpc) is 2.55. The molecule has 0 unspecified atom stereocenters. The second-order valence-corrected chi connectivity index (χ2v) is 9.27. The minimum absolute atomic E-state index is 0.448. The van der Waals surface area contributed by atoms with E-state index in [0.29, 0.717) is 0 Å². The third-order valence-corrected chi connectivity index (χ3v) is 7.40. The van der Waals surface area contributed by atoms with Crippen molar-refractivity contribution in [3.05, 3.63) is 34.2 Å². The number of hydrogen-bond donors (Lipinski definition) is 0. The van der Waals surface area contributed by atoms with E-state index in [1.807, 2.05) is 0 Å². The predicted octanol–water partition coefficient (Wildman–Crippen LogP) is 4.31. The molecule has 1 aromatic carbocycles. The van der Waals surface area contributed by atoms with Crippen molar-refractivity contribution < 1.29 is 77.5 Å². The Morgan fingerprint density at radius 2 is 1.06 bits per heavy atom. The molecule has 0 aliphatic heterocycles. The molecule has 0 saturated carbocycles. The number of nitrogens with zero attached hydrogens (tertiary/aromatic N) is 1. The molecule has 6 nitrogen and oxygen atoms in total. The van der Waals surface area contributed by atoms with Crippen LogP contribution >= 0.6 is 0 Å². The third kappa shape index (κ3) is 4.35. The Balaban J connectivity index is 4.01. The molecule has 0 spiro atoms. The Morgan fingerprint density at radius 3 is 1.38 bits per heavy atom. The van der Waals surface area contributed by atoms with E-state index in [4.69, 9.17) is 0 Å². The molecular weight excluding hydrogens is 537 g/mol. The standard InChI is InChI=1S/C11H3F13NO5S2/c12-7(13,14)4-1-2-5(8(15,16)17)6(3-4)31(27,28)25(26)32(29,30)9(18,10(19,20)21)11(22,23)24/h1-3H/q+1. The second kappa shape index (κ2) is 7.42. The maximum Gasteiger partial charge on any atom is 0.480 e. The Bertz CT molecular complexity index is 1110. The maximum absolute atomic E-state index is 13.7. The van der Waals surface area contributed by atoms with Crippen LogP contribution in [0.1, 0.15) is 11.1 Å². The van der Waals surface area contributed by atoms with E-state index in [1.54, 1.807) is 0 Å². The molecule has 0 atom stereocenters. The normalized spacial score (nSPS) is 15.0. The second-order valence-electron chi connectivity index (χ2n) is 5.47. The quantitative estimate of drug-likeness (QED) is 0.420. The lowest BCUT2D eigenvalue weighted by molar-refractivity contribution is -0.324. The summed E-state index contributed by atoms with van der Waals surface area (Å²) in [5, 5.41) is -7.66. The van der Waals surface area contributed by atoms with Crippen molar-refractivity contribution in [3.63, 3.8) is 0 Å². The highest BCUT2D eigenvalue weighted by atomic mass is 32.3. The molecule has 0 heterocycles. The number of benzene rings is 1. The highest BCUT2D eigenvalue weighted by Gasteiger charge is 2.87. The Morgan fingerprint density at radius 1 is 0.656 bits per heavy atom. The molecule has 0 saturated heterocycles. The van der Waals surface area contributed by atoms with Gasteiger partial charge in [-0.1, -0.05) is 0 Å². The van der Waals surface area contributed by atoms with Crippen LogP contribution in [-0.2, 0) is 32.4 Å². The van der Waals surface area contributed by atoms with Gasteiger partial charge in [0.1, 0.15) is 0 Å². The van der Waals surface area contributed by atoms with E-state index in [0.717, 1.165) is 0 Å². The molecule has 0 bridgehead atoms. The fourth-order valence-electron chi connectivity index (χ4n) is 1.91. The Labute approximate surface area is 167 Å². The summed E-state index contributed by atoms with van der Waals surface area (Å²) in [5.41, 5.74) is -5.13. The van der Waals surface area contributed by atoms with Gasteiger partial charge in [-0.3, -0.25) is 0 Å². The predicted molar refractivity (Wildman–Crippen MR) is 72.1 cm³/mol. The third-order valence-electron chi connectivity index (χ3n) is 3.37. The number of rotatable bonds is 4. The van der Waals surface area contributed by atoms with Gasteiger partial charge in [0.15, 0.2) is 4.90 Å². The molecule has 0 fully saturated rings. The molecule has 0 aliphatic carbocycles. The zero-order valence-corrected chi connectivity index (χ0v) is 15.6. The number of sulfonamides is 2. The molecule has 32 heavy (non-hydrogen) atoms. The van der Waals surface area contributed by atoms with Gasteiger partial charge in [-0.15, -0.1) is 0 Å². The van der Waals surface area contributed by atoms with Crippen molar-refractivity contribution in [1.29, 1.82) is 0 Å². The van der Waals surface area contributed by atoms with Crippen molar-refractivity contribution in [2.24, 2.45) is 0 Å². The first-order chi connectivity index (χ1) is 13.7. The molecule has 184 valence electrons. The summed E-state index contributed by atoms with van der Waals surface area (Å²) in [6, 6.07) is -2.23. The summed E-state index contributed by atoms with van der Waals surface area (Å²) in [6.07, 6.45) is -26.9. The van der Waals surface area contributed by atoms with Gasteiger partial charge in [0.25, 0.3) is 0 Å². The Kier molecular flexibility index (Phi) is 6.45. The zero-order valence-electron chi connectivity index (χ0n) is 14.0. The van der Waals surface area contributed by atoms with Gasteiger partial charge in [-0.05, 0) is 18.2 Å². The monoisotopic (exact) mass is 540 g/mol. The number of nitroso groups, excluding NO2 is 1. The molecule has 0 amide bonds. The van der Waals surface area contributed by atoms with Gasteiger partial charge in [-0.25, -0.2) is 0 Å². The van der Waals surface area contributed by atoms with Gasteiger partial charge in [0, 0.05) is 0 Å². The first-order valence-electron chi connectivity index (χ1n) is 6.82. The Hall–Kier alpha value is -2.19. The van der Waals surface area contributed by atoms with Crippen LogP contribution in [0.25, 0.3) is 0 Å². The topological polar surface area (TPSA) is 88.4 Å². The molecule has 1 aromatic rings. The van der Waals surface area contributed by atoms with Crippen LogP contribution in [0.3, 0.4) is 0 Å². The maximum atomic E-state index is 13.7. The lowest BCUT2D eigenvalue weighted by Gasteiger charge is -2.24. The van der Waals surface area contributed by atoms with E-state index in [9.17, 15) is 78.8 Å². The van der Waals surface area contributed by atoms with Crippen LogP contribution in [0, 0.1) is 4.91 Å². The minimum atomic E-state index is -8.41. The van der Waals surface area contributed by atoms with E-state index in [1.165, 1.54) is 0 Å². The molecule has 0 aliphatic rings. The van der Waals surface area contributed by atoms with Gasteiger partial charge in [-0.2, -0.15) is 73.9 Å². The number of hydrogen-bond acceptors (Lipinski definition) is 5. The van der Waals surface area contributed by atoms with Crippen molar-refractivity contribution in [3.8, 4) is 0 Å². The van der Waals surface area contributed by atoms with Crippen LogP contribution in [0.15, 0.2) is 23.1 Å². The summed E-state index contributed by atoms with van der Waals surface area (Å²) >= 11 is 0. The van der Waals surface area contributed by atoms with Crippen molar-refractivity contribution >= 4 is 20.0 Å². The van der Waals surface area contributed by atoms with Crippen LogP contribution in [-0.4, -0.2) is 37.8 Å². The van der Waals surface area contributed by atoms with Gasteiger partial charge >= 0.3 is 49.8 Å². The van der Waals surface area contributed by atoms with Crippen molar-refractivity contribution in [2.75, 3.05) is 0 Å². The fourth-order valence-corrected chi connectivity index (χ4v) is 5.18. The SMILES string of the molecule is O=[N+](S(=O)(=O)c1cc(C(F)(F)F)ccc1C(F)(F)F)S(=O)(=O)C(F)(C(F)(F)F)C(F)(F)F. The van der Waals surface area contributed by atoms with Crippen LogP contribution in [0.4, 0.5) is 57.1 Å². The van der Waals surface area contributed by atoms with Crippen LogP contribution in [0.5, 0.6) is 0 Å². The lowest BCUT2D eigenvalue weighted by Crippen LogP contribution is -2.61. The van der Waals surface area contributed by atoms with Crippen LogP contribution in [0.2, 0.25) is 0 Å². The largest absolute Gasteiger partial charge is 0.480 e. The molecular formula is C11H3F13NO5S2+. The summed E-state index contributed by atoms with van der Waals surface area (Å²) in [7, 11) is -15.8. The van der Waals surface area contributed by atoms with E-state index in [2.05, 4.69) is 0 Å². The smallest absolute Gasteiger partial charge is 0.200 e. The average molecular weight is 540 g/mol. The molecule has 1 rings (SSSR count). The van der Waals surface area contributed by atoms with Gasteiger partial charge < -0.3 is 0 Å². The van der Waals surface area contributed by atoms with Crippen molar-refractivity contribution in [2.45, 2.75) is 34.6 Å². The number of alkyl halides is 13. The first-order valence-corrected chi connectivity index (χ1v) is 9.70. The van der Waals surface area contributed by atoms with Gasteiger partial charge in [0.2, 0.25) is 3.57 Å². The molecule has 0 aromatic heterocycles. The summed E-state index contributed by atoms with van der Waals surface area (Å²) < 4.78 is 209. The number of halogens is 13. The van der Waals surface area contributed by atoms with Gasteiger partial charge in [0.05, 0.1) is 16.0 Å². The van der Waals surface area contributed by atoms with Crippen LogP contribution < -0.4 is 0 Å². The first kappa shape index (κ1) is 27.8. The zero-order chi connectivity index (χ0) is 25.9. The van der Waals surface area contributed by atoms with E-state index in [-0.39, 0.29) is 0 Å². The fraction of sp³-hybridized carbons (Fsp3) is 0.455. The van der Waals surface area contributed by atoms with Crippen molar-refractivity contribution in [1.82, 2.24) is 0 Å². The molecule has 21 heteroatoms. The highest BCUT2D eigenvalue weighted by molar-refractivity contribution is 7.98. The van der Waals surface area contributed by atoms with E-state index < -0.39 is 87.5 Å². The van der Waals surface area contributed by atoms with E-state index >= 15 is 0 Å². The summed E-state index contributed by atoms with van der Waals surface area (Å²) in [6.45, 7) is 0. The molecule has 0 N–H and O–H groups in total. The molecule has 0 radical (unpaired) electrons. The highest BCUT2D eigenvalue weighted by Crippen LogP contribution is 2.51. The minimum Gasteiger partial charge on any atom is -0.200 e. The summed E-state index contributed by atoms with van der Waals surface area (Å²) in [4.78, 5) is 8.51.